The Hall–Kier alpha value is -1.47. The van der Waals surface area contributed by atoms with Crippen LogP contribution in [-0.4, -0.2) is 24.2 Å². The Morgan fingerprint density at radius 2 is 2.29 bits per heavy atom. The molecule has 0 spiro atoms. The van der Waals surface area contributed by atoms with Gasteiger partial charge in [0.25, 0.3) is 0 Å². The number of nitriles is 1. The molecule has 2 aliphatic heterocycles. The highest BCUT2D eigenvalue weighted by Gasteiger charge is 2.41. The molecule has 0 aliphatic carbocycles. The van der Waals surface area contributed by atoms with Crippen LogP contribution in [0, 0.1) is 36.0 Å². The summed E-state index contributed by atoms with van der Waals surface area (Å²) in [7, 11) is 0. The van der Waals surface area contributed by atoms with E-state index in [-0.39, 0.29) is 5.92 Å². The fourth-order valence-corrected chi connectivity index (χ4v) is 3.63. The lowest BCUT2D eigenvalue weighted by Gasteiger charge is -2.46. The number of aromatic nitrogens is 1. The number of ether oxygens (including phenoxy) is 1. The van der Waals surface area contributed by atoms with Crippen molar-refractivity contribution < 1.29 is 4.74 Å². The summed E-state index contributed by atoms with van der Waals surface area (Å²) in [5.74, 6) is 2.60. The van der Waals surface area contributed by atoms with E-state index in [0.717, 1.165) is 30.1 Å². The number of nitrogens with zero attached hydrogens (tertiary/aromatic N) is 3. The van der Waals surface area contributed by atoms with E-state index in [1.54, 1.807) is 6.20 Å². The first kappa shape index (κ1) is 14.5. The van der Waals surface area contributed by atoms with Crippen molar-refractivity contribution in [1.29, 1.82) is 5.26 Å². The molecule has 3 rings (SSSR count). The highest BCUT2D eigenvalue weighted by molar-refractivity contribution is 6.31. The Kier molecular flexibility index (Phi) is 3.71. The Bertz CT molecular complexity index is 596. The number of halogens is 1. The maximum atomic E-state index is 9.50. The second-order valence-corrected chi connectivity index (χ2v) is 6.79. The molecule has 1 aromatic rings. The standard InChI is InChI=1S/C16H20ClN3O/c1-9(2)13-4-12-8-21-15-10(3)14(17)6-19-16(15)20(12)7-11(13)5-18/h6,9,11-13H,4,7-8H2,1-3H3. The van der Waals surface area contributed by atoms with Crippen molar-refractivity contribution in [1.82, 2.24) is 4.98 Å². The maximum Gasteiger partial charge on any atom is 0.172 e. The molecular weight excluding hydrogens is 286 g/mol. The van der Waals surface area contributed by atoms with Crippen molar-refractivity contribution in [2.75, 3.05) is 18.1 Å². The van der Waals surface area contributed by atoms with Gasteiger partial charge in [-0.1, -0.05) is 25.4 Å². The van der Waals surface area contributed by atoms with E-state index in [0.29, 0.717) is 29.5 Å². The molecule has 0 saturated carbocycles. The van der Waals surface area contributed by atoms with Gasteiger partial charge in [-0.25, -0.2) is 4.98 Å². The first-order valence-corrected chi connectivity index (χ1v) is 7.84. The lowest BCUT2D eigenvalue weighted by molar-refractivity contribution is 0.163. The van der Waals surface area contributed by atoms with Crippen LogP contribution in [0.3, 0.4) is 0 Å². The highest BCUT2D eigenvalue weighted by atomic mass is 35.5. The molecule has 0 bridgehead atoms. The van der Waals surface area contributed by atoms with E-state index in [9.17, 15) is 5.26 Å². The lowest BCUT2D eigenvalue weighted by atomic mass is 9.76. The van der Waals surface area contributed by atoms with Crippen molar-refractivity contribution in [3.63, 3.8) is 0 Å². The van der Waals surface area contributed by atoms with Crippen LogP contribution >= 0.6 is 11.6 Å². The first-order valence-electron chi connectivity index (χ1n) is 7.47. The summed E-state index contributed by atoms with van der Waals surface area (Å²) in [6, 6.07) is 2.80. The van der Waals surface area contributed by atoms with Gasteiger partial charge in [0.2, 0.25) is 0 Å². The fraction of sp³-hybridized carbons (Fsp3) is 0.625. The zero-order chi connectivity index (χ0) is 15.1. The van der Waals surface area contributed by atoms with Gasteiger partial charge in [-0.15, -0.1) is 0 Å². The number of piperidine rings is 1. The van der Waals surface area contributed by atoms with Crippen molar-refractivity contribution in [3.05, 3.63) is 16.8 Å². The van der Waals surface area contributed by atoms with Gasteiger partial charge in [-0.05, 0) is 25.2 Å². The molecule has 0 amide bonds. The Labute approximate surface area is 130 Å². The monoisotopic (exact) mass is 305 g/mol. The molecule has 0 N–H and O–H groups in total. The molecule has 3 heterocycles. The number of hydrogen-bond donors (Lipinski definition) is 0. The number of pyridine rings is 1. The minimum absolute atomic E-state index is 0.0463. The van der Waals surface area contributed by atoms with E-state index >= 15 is 0 Å². The van der Waals surface area contributed by atoms with Crippen molar-refractivity contribution in [3.8, 4) is 11.8 Å². The van der Waals surface area contributed by atoms with E-state index in [4.69, 9.17) is 16.3 Å². The maximum absolute atomic E-state index is 9.50. The minimum Gasteiger partial charge on any atom is -0.487 e. The molecule has 2 aliphatic rings. The van der Waals surface area contributed by atoms with Crippen LogP contribution in [0.2, 0.25) is 5.02 Å². The number of hydrogen-bond acceptors (Lipinski definition) is 4. The molecule has 4 nitrogen and oxygen atoms in total. The summed E-state index contributed by atoms with van der Waals surface area (Å²) in [6.45, 7) is 7.73. The molecule has 21 heavy (non-hydrogen) atoms. The van der Waals surface area contributed by atoms with Gasteiger partial charge in [0.1, 0.15) is 6.61 Å². The Balaban J connectivity index is 1.96. The van der Waals surface area contributed by atoms with E-state index < -0.39 is 0 Å². The molecule has 1 fully saturated rings. The molecule has 0 radical (unpaired) electrons. The van der Waals surface area contributed by atoms with E-state index in [1.807, 2.05) is 6.92 Å². The summed E-state index contributed by atoms with van der Waals surface area (Å²) in [5.41, 5.74) is 0.930. The SMILES string of the molecule is Cc1c(Cl)cnc2c1OCC1CC(C(C)C)C(C#N)CN21. The zero-order valence-electron chi connectivity index (χ0n) is 12.6. The quantitative estimate of drug-likeness (QED) is 0.797. The third-order valence-corrected chi connectivity index (χ3v) is 5.19. The van der Waals surface area contributed by atoms with Crippen molar-refractivity contribution >= 4 is 17.4 Å². The van der Waals surface area contributed by atoms with Gasteiger partial charge >= 0.3 is 0 Å². The van der Waals surface area contributed by atoms with Gasteiger partial charge in [0.15, 0.2) is 11.6 Å². The largest absolute Gasteiger partial charge is 0.487 e. The number of rotatable bonds is 1. The topological polar surface area (TPSA) is 49.1 Å². The molecule has 1 aromatic heterocycles. The predicted octanol–water partition coefficient (Wildman–Crippen LogP) is 3.43. The van der Waals surface area contributed by atoms with Crippen LogP contribution < -0.4 is 9.64 Å². The number of fused-ring (bicyclic) bond motifs is 3. The Morgan fingerprint density at radius 1 is 1.52 bits per heavy atom. The van der Waals surface area contributed by atoms with Crippen molar-refractivity contribution in [2.45, 2.75) is 33.2 Å². The molecule has 0 aromatic carbocycles. The van der Waals surface area contributed by atoms with Gasteiger partial charge in [0, 0.05) is 18.3 Å². The van der Waals surface area contributed by atoms with Gasteiger partial charge in [0.05, 0.1) is 23.1 Å². The average Bonchev–Trinajstić information content (AvgIpc) is 2.49. The normalized spacial score (nSPS) is 27.6. The van der Waals surface area contributed by atoms with Crippen LogP contribution in [0.1, 0.15) is 25.8 Å². The lowest BCUT2D eigenvalue weighted by Crippen LogP contribution is -2.53. The van der Waals surface area contributed by atoms with E-state index in [2.05, 4.69) is 29.8 Å². The molecule has 1 saturated heterocycles. The predicted molar refractivity (Wildman–Crippen MR) is 82.7 cm³/mol. The molecule has 3 atom stereocenters. The zero-order valence-corrected chi connectivity index (χ0v) is 13.4. The molecule has 112 valence electrons. The summed E-state index contributed by atoms with van der Waals surface area (Å²) >= 11 is 6.13. The highest BCUT2D eigenvalue weighted by Crippen LogP contribution is 2.43. The van der Waals surface area contributed by atoms with Crippen LogP contribution in [-0.2, 0) is 0 Å². The first-order chi connectivity index (χ1) is 10.0. The third kappa shape index (κ3) is 2.34. The second-order valence-electron chi connectivity index (χ2n) is 6.38. The summed E-state index contributed by atoms with van der Waals surface area (Å²) < 4.78 is 5.93. The average molecular weight is 306 g/mol. The van der Waals surface area contributed by atoms with E-state index in [1.165, 1.54) is 0 Å². The Morgan fingerprint density at radius 3 is 2.95 bits per heavy atom. The second kappa shape index (κ2) is 5.38. The van der Waals surface area contributed by atoms with Gasteiger partial charge < -0.3 is 9.64 Å². The summed E-state index contributed by atoms with van der Waals surface area (Å²) in [5, 5.41) is 10.1. The van der Waals surface area contributed by atoms with Crippen LogP contribution in [0.15, 0.2) is 6.20 Å². The summed E-state index contributed by atoms with van der Waals surface area (Å²) in [6.07, 6.45) is 2.66. The van der Waals surface area contributed by atoms with Crippen LogP contribution in [0.4, 0.5) is 5.82 Å². The van der Waals surface area contributed by atoms with Gasteiger partial charge in [-0.3, -0.25) is 0 Å². The fourth-order valence-electron chi connectivity index (χ4n) is 3.50. The van der Waals surface area contributed by atoms with Crippen LogP contribution in [0.25, 0.3) is 0 Å². The number of anilines is 1. The van der Waals surface area contributed by atoms with Crippen molar-refractivity contribution in [2.24, 2.45) is 17.8 Å². The molecular formula is C16H20ClN3O. The minimum atomic E-state index is 0.0463. The molecule has 5 heteroatoms. The smallest absolute Gasteiger partial charge is 0.172 e. The summed E-state index contributed by atoms with van der Waals surface area (Å²) in [4.78, 5) is 6.71. The third-order valence-electron chi connectivity index (χ3n) is 4.81. The van der Waals surface area contributed by atoms with Gasteiger partial charge in [-0.2, -0.15) is 5.26 Å². The van der Waals surface area contributed by atoms with Crippen LogP contribution in [0.5, 0.6) is 5.75 Å². The molecule has 3 unspecified atom stereocenters.